The van der Waals surface area contributed by atoms with Crippen LogP contribution in [0.15, 0.2) is 60.8 Å². The van der Waals surface area contributed by atoms with Gasteiger partial charge in [-0.2, -0.15) is 0 Å². The molecule has 3 rings (SSSR count). The highest BCUT2D eigenvalue weighted by molar-refractivity contribution is 5.79. The van der Waals surface area contributed by atoms with Crippen LogP contribution in [0, 0.1) is 6.92 Å². The molecule has 1 aromatic heterocycles. The maximum atomic E-state index is 4.73. The first kappa shape index (κ1) is 15.7. The molecule has 23 heavy (non-hydrogen) atoms. The summed E-state index contributed by atoms with van der Waals surface area (Å²) in [5, 5.41) is 1.24. The van der Waals surface area contributed by atoms with Gasteiger partial charge in [-0.1, -0.05) is 62.7 Å². The van der Waals surface area contributed by atoms with E-state index in [9.17, 15) is 0 Å². The smallest absolute Gasteiger partial charge is 0.0704 e. The zero-order valence-electron chi connectivity index (χ0n) is 14.3. The fourth-order valence-electron chi connectivity index (χ4n) is 3.49. The van der Waals surface area contributed by atoms with Crippen molar-refractivity contribution >= 4 is 10.9 Å². The normalized spacial score (nSPS) is 13.9. The lowest BCUT2D eigenvalue weighted by Gasteiger charge is -2.30. The van der Waals surface area contributed by atoms with Crippen LogP contribution in [0.1, 0.15) is 43.4 Å². The second-order valence-electron chi connectivity index (χ2n) is 6.89. The number of fused-ring (bicyclic) bond motifs is 1. The molecule has 1 atom stereocenters. The zero-order chi connectivity index (χ0) is 16.3. The van der Waals surface area contributed by atoms with E-state index >= 15 is 0 Å². The van der Waals surface area contributed by atoms with Gasteiger partial charge in [0.1, 0.15) is 0 Å². The van der Waals surface area contributed by atoms with Crippen molar-refractivity contribution in [3.63, 3.8) is 0 Å². The first-order valence-electron chi connectivity index (χ1n) is 8.51. The molecule has 118 valence electrons. The summed E-state index contributed by atoms with van der Waals surface area (Å²) in [6, 6.07) is 19.6. The van der Waals surface area contributed by atoms with E-state index in [1.54, 1.807) is 0 Å². The molecule has 0 radical (unpaired) electrons. The number of nitrogens with zero attached hydrogens (tertiary/aromatic N) is 1. The Morgan fingerprint density at radius 3 is 2.52 bits per heavy atom. The summed E-state index contributed by atoms with van der Waals surface area (Å²) >= 11 is 0. The zero-order valence-corrected chi connectivity index (χ0v) is 14.3. The van der Waals surface area contributed by atoms with E-state index in [1.807, 2.05) is 0 Å². The van der Waals surface area contributed by atoms with E-state index in [0.29, 0.717) is 0 Å². The third-order valence-corrected chi connectivity index (χ3v) is 4.78. The monoisotopic (exact) mass is 303 g/mol. The van der Waals surface area contributed by atoms with Gasteiger partial charge in [-0.05, 0) is 54.0 Å². The quantitative estimate of drug-likeness (QED) is 0.576. The molecular formula is C22H25N. The molecule has 0 fully saturated rings. The molecule has 0 aliphatic rings. The van der Waals surface area contributed by atoms with Crippen LogP contribution in [0.4, 0.5) is 0 Å². The summed E-state index contributed by atoms with van der Waals surface area (Å²) in [5.41, 5.74) is 5.22. The number of aromatic nitrogens is 1. The van der Waals surface area contributed by atoms with Crippen molar-refractivity contribution in [3.05, 3.63) is 77.5 Å². The molecule has 1 nitrogen and oxygen atoms in total. The van der Waals surface area contributed by atoms with Gasteiger partial charge in [0.05, 0.1) is 5.52 Å². The van der Waals surface area contributed by atoms with Crippen LogP contribution in [0.2, 0.25) is 0 Å². The van der Waals surface area contributed by atoms with Crippen molar-refractivity contribution < 1.29 is 0 Å². The van der Waals surface area contributed by atoms with E-state index in [0.717, 1.165) is 11.9 Å². The molecule has 0 amide bonds. The summed E-state index contributed by atoms with van der Waals surface area (Å²) in [6.07, 6.45) is 5.48. The standard InChI is InChI=1S/C22H25N/c1-4-12-22(3,15-18-8-6-5-7-9-18)20-14-19-11-10-17(2)13-21(19)23-16-20/h5-11,13-14,16H,4,12,15H2,1-3H3. The molecule has 0 bridgehead atoms. The maximum absolute atomic E-state index is 4.73. The number of hydrogen-bond acceptors (Lipinski definition) is 1. The minimum Gasteiger partial charge on any atom is -0.256 e. The van der Waals surface area contributed by atoms with Crippen LogP contribution in [0.3, 0.4) is 0 Å². The Labute approximate surface area is 139 Å². The number of benzene rings is 2. The lowest BCUT2D eigenvalue weighted by atomic mass is 9.74. The Morgan fingerprint density at radius 1 is 1.00 bits per heavy atom. The Balaban J connectivity index is 2.01. The topological polar surface area (TPSA) is 12.9 Å². The molecule has 0 saturated carbocycles. The molecule has 0 saturated heterocycles. The van der Waals surface area contributed by atoms with Crippen LogP contribution in [-0.4, -0.2) is 4.98 Å². The molecule has 0 spiro atoms. The van der Waals surface area contributed by atoms with Gasteiger partial charge in [0.25, 0.3) is 0 Å². The van der Waals surface area contributed by atoms with Gasteiger partial charge in [-0.25, -0.2) is 0 Å². The van der Waals surface area contributed by atoms with Crippen LogP contribution in [0.5, 0.6) is 0 Å². The van der Waals surface area contributed by atoms with Gasteiger partial charge >= 0.3 is 0 Å². The predicted molar refractivity (Wildman–Crippen MR) is 98.9 cm³/mol. The SMILES string of the molecule is CCCC(C)(Cc1ccccc1)c1cnc2cc(C)ccc2c1. The average Bonchev–Trinajstić information content (AvgIpc) is 2.55. The minimum absolute atomic E-state index is 0.127. The van der Waals surface area contributed by atoms with Crippen molar-refractivity contribution in [2.24, 2.45) is 0 Å². The van der Waals surface area contributed by atoms with Gasteiger partial charge < -0.3 is 0 Å². The lowest BCUT2D eigenvalue weighted by molar-refractivity contribution is 0.424. The number of hydrogen-bond donors (Lipinski definition) is 0. The first-order valence-corrected chi connectivity index (χ1v) is 8.51. The van der Waals surface area contributed by atoms with E-state index < -0.39 is 0 Å². The molecule has 1 heteroatoms. The highest BCUT2D eigenvalue weighted by Gasteiger charge is 2.26. The van der Waals surface area contributed by atoms with Gasteiger partial charge in [-0.3, -0.25) is 4.98 Å². The highest BCUT2D eigenvalue weighted by Crippen LogP contribution is 2.34. The Kier molecular flexibility index (Phi) is 4.47. The van der Waals surface area contributed by atoms with Gasteiger partial charge in [-0.15, -0.1) is 0 Å². The minimum atomic E-state index is 0.127. The molecule has 0 aliphatic heterocycles. The van der Waals surface area contributed by atoms with Crippen molar-refractivity contribution in [2.45, 2.75) is 45.4 Å². The Hall–Kier alpha value is -2.15. The van der Waals surface area contributed by atoms with E-state index in [1.165, 1.54) is 34.9 Å². The second kappa shape index (κ2) is 6.54. The Morgan fingerprint density at radius 2 is 1.78 bits per heavy atom. The highest BCUT2D eigenvalue weighted by atomic mass is 14.7. The first-order chi connectivity index (χ1) is 11.1. The largest absolute Gasteiger partial charge is 0.256 e. The van der Waals surface area contributed by atoms with Crippen LogP contribution in [0.25, 0.3) is 10.9 Å². The third-order valence-electron chi connectivity index (χ3n) is 4.78. The average molecular weight is 303 g/mol. The van der Waals surface area contributed by atoms with E-state index in [2.05, 4.69) is 81.6 Å². The summed E-state index contributed by atoms with van der Waals surface area (Å²) < 4.78 is 0. The van der Waals surface area contributed by atoms with Crippen molar-refractivity contribution in [1.29, 1.82) is 0 Å². The fourth-order valence-corrected chi connectivity index (χ4v) is 3.49. The molecule has 2 aromatic carbocycles. The molecular weight excluding hydrogens is 278 g/mol. The van der Waals surface area contributed by atoms with Gasteiger partial charge in [0.15, 0.2) is 0 Å². The van der Waals surface area contributed by atoms with E-state index in [4.69, 9.17) is 4.98 Å². The number of rotatable bonds is 5. The summed E-state index contributed by atoms with van der Waals surface area (Å²) in [6.45, 7) is 6.76. The van der Waals surface area contributed by atoms with Crippen molar-refractivity contribution in [3.8, 4) is 0 Å². The molecule has 0 aliphatic carbocycles. The van der Waals surface area contributed by atoms with Crippen LogP contribution < -0.4 is 0 Å². The lowest BCUT2D eigenvalue weighted by Crippen LogP contribution is -2.25. The van der Waals surface area contributed by atoms with Gasteiger partial charge in [0.2, 0.25) is 0 Å². The maximum Gasteiger partial charge on any atom is 0.0704 e. The summed E-state index contributed by atoms with van der Waals surface area (Å²) in [7, 11) is 0. The molecule has 0 N–H and O–H groups in total. The third kappa shape index (κ3) is 3.44. The van der Waals surface area contributed by atoms with Crippen LogP contribution in [-0.2, 0) is 11.8 Å². The van der Waals surface area contributed by atoms with E-state index in [-0.39, 0.29) is 5.41 Å². The van der Waals surface area contributed by atoms with Crippen LogP contribution >= 0.6 is 0 Å². The van der Waals surface area contributed by atoms with Crippen molar-refractivity contribution in [2.75, 3.05) is 0 Å². The fraction of sp³-hybridized carbons (Fsp3) is 0.318. The molecule has 1 unspecified atom stereocenters. The molecule has 1 heterocycles. The second-order valence-corrected chi connectivity index (χ2v) is 6.89. The number of aryl methyl sites for hydroxylation is 1. The number of pyridine rings is 1. The van der Waals surface area contributed by atoms with Crippen molar-refractivity contribution in [1.82, 2.24) is 4.98 Å². The van der Waals surface area contributed by atoms with Gasteiger partial charge in [0, 0.05) is 11.6 Å². The Bertz CT molecular complexity index is 791. The molecule has 3 aromatic rings. The predicted octanol–water partition coefficient (Wildman–Crippen LogP) is 5.84. The summed E-state index contributed by atoms with van der Waals surface area (Å²) in [5.74, 6) is 0. The summed E-state index contributed by atoms with van der Waals surface area (Å²) in [4.78, 5) is 4.73.